The zero-order chi connectivity index (χ0) is 15.8. The number of hydrogen-bond donors (Lipinski definition) is 2. The van der Waals surface area contributed by atoms with Gasteiger partial charge in [-0.05, 0) is 0 Å². The number of benzene rings is 1. The predicted octanol–water partition coefficient (Wildman–Crippen LogP) is 3.45. The molecule has 0 unspecified atom stereocenters. The molecule has 0 fully saturated rings. The Morgan fingerprint density at radius 2 is 1.35 bits per heavy atom. The fourth-order valence-electron chi connectivity index (χ4n) is 1.41. The highest BCUT2D eigenvalue weighted by molar-refractivity contribution is 5.63. The molecule has 2 nitrogen and oxygen atoms in total. The van der Waals surface area contributed by atoms with Crippen molar-refractivity contribution in [3.63, 3.8) is 0 Å². The van der Waals surface area contributed by atoms with Crippen LogP contribution in [0.2, 0.25) is 0 Å². The molecule has 110 valence electrons. The van der Waals surface area contributed by atoms with E-state index in [0.717, 1.165) is 24.3 Å². The second-order valence-corrected chi connectivity index (χ2v) is 4.10. The van der Waals surface area contributed by atoms with Crippen LogP contribution in [0, 0.1) is 6.58 Å². The fourth-order valence-corrected chi connectivity index (χ4v) is 1.41. The first-order valence-corrected chi connectivity index (χ1v) is 5.15. The highest BCUT2D eigenvalue weighted by atomic mass is 19.4. The molecular formula is C12H9F6O2+. The van der Waals surface area contributed by atoms with Crippen molar-refractivity contribution in [2.75, 3.05) is 0 Å². The molecule has 1 aromatic rings. The molecule has 1 rings (SSSR count). The van der Waals surface area contributed by atoms with E-state index < -0.39 is 29.9 Å². The van der Waals surface area contributed by atoms with Crippen molar-refractivity contribution in [3.8, 4) is 5.75 Å². The molecule has 0 amide bonds. The first kappa shape index (κ1) is 16.3. The number of alkyl halides is 6. The van der Waals surface area contributed by atoms with Gasteiger partial charge in [0.05, 0.1) is 13.0 Å². The molecule has 0 spiro atoms. The highest BCUT2D eigenvalue weighted by Gasteiger charge is 2.71. The summed E-state index contributed by atoms with van der Waals surface area (Å²) in [6, 6.07) is 4.17. The molecule has 0 aromatic heterocycles. The van der Waals surface area contributed by atoms with E-state index in [0.29, 0.717) is 0 Å². The van der Waals surface area contributed by atoms with Crippen LogP contribution in [-0.2, 0) is 0 Å². The summed E-state index contributed by atoms with van der Waals surface area (Å²) >= 11 is 0. The average Bonchev–Trinajstić information content (AvgIpc) is 2.26. The summed E-state index contributed by atoms with van der Waals surface area (Å²) < 4.78 is 74.8. The summed E-state index contributed by atoms with van der Waals surface area (Å²) in [7, 11) is 0. The Bertz CT molecular complexity index is 472. The second-order valence-electron chi connectivity index (χ2n) is 4.10. The molecule has 0 heterocycles. The maximum Gasteiger partial charge on any atom is 0.426 e. The summed E-state index contributed by atoms with van der Waals surface area (Å²) in [5, 5.41) is 17.9. The van der Waals surface area contributed by atoms with Gasteiger partial charge in [0.2, 0.25) is 0 Å². The van der Waals surface area contributed by atoms with Crippen molar-refractivity contribution < 1.29 is 36.6 Å². The van der Waals surface area contributed by atoms with Crippen molar-refractivity contribution in [1.29, 1.82) is 0 Å². The summed E-state index contributed by atoms with van der Waals surface area (Å²) in [6.45, 7) is 5.20. The van der Waals surface area contributed by atoms with Crippen LogP contribution in [0.5, 0.6) is 5.75 Å². The van der Waals surface area contributed by atoms with Crippen molar-refractivity contribution in [2.24, 2.45) is 0 Å². The third-order valence-corrected chi connectivity index (χ3v) is 2.62. The first-order valence-electron chi connectivity index (χ1n) is 5.15. The maximum atomic E-state index is 12.5. The van der Waals surface area contributed by atoms with E-state index in [-0.39, 0.29) is 11.3 Å². The Kier molecular flexibility index (Phi) is 4.03. The maximum absolute atomic E-state index is 12.5. The third-order valence-electron chi connectivity index (χ3n) is 2.62. The SMILES string of the molecule is [CH+]=C(CC(O)(C(F)(F)F)C(F)(F)F)c1ccc(O)cc1. The third kappa shape index (κ3) is 3.02. The number of phenols is 1. The van der Waals surface area contributed by atoms with Crippen molar-refractivity contribution in [1.82, 2.24) is 0 Å². The van der Waals surface area contributed by atoms with Gasteiger partial charge in [-0.15, -0.1) is 0 Å². The quantitative estimate of drug-likeness (QED) is 0.663. The Hall–Kier alpha value is -1.79. The summed E-state index contributed by atoms with van der Waals surface area (Å²) in [5.74, 6) is -0.233. The minimum absolute atomic E-state index is 0.158. The van der Waals surface area contributed by atoms with E-state index in [4.69, 9.17) is 16.8 Å². The lowest BCUT2D eigenvalue weighted by Gasteiger charge is -2.31. The number of hydrogen-bond acceptors (Lipinski definition) is 2. The monoisotopic (exact) mass is 299 g/mol. The Morgan fingerprint density at radius 1 is 0.950 bits per heavy atom. The van der Waals surface area contributed by atoms with Gasteiger partial charge in [-0.1, -0.05) is 0 Å². The summed E-state index contributed by atoms with van der Waals surface area (Å²) in [6.07, 6.45) is -13.7. The summed E-state index contributed by atoms with van der Waals surface area (Å²) in [4.78, 5) is 0. The molecule has 0 aliphatic carbocycles. The molecular weight excluding hydrogens is 290 g/mol. The van der Waals surface area contributed by atoms with Crippen LogP contribution in [-0.4, -0.2) is 28.2 Å². The van der Waals surface area contributed by atoms with Gasteiger partial charge < -0.3 is 10.2 Å². The molecule has 0 atom stereocenters. The molecule has 20 heavy (non-hydrogen) atoms. The normalized spacial score (nSPS) is 13.3. The lowest BCUT2D eigenvalue weighted by molar-refractivity contribution is -0.365. The molecule has 0 saturated carbocycles. The lowest BCUT2D eigenvalue weighted by Crippen LogP contribution is -2.56. The van der Waals surface area contributed by atoms with E-state index >= 15 is 0 Å². The zero-order valence-electron chi connectivity index (χ0n) is 9.76. The van der Waals surface area contributed by atoms with Crippen LogP contribution < -0.4 is 0 Å². The van der Waals surface area contributed by atoms with Gasteiger partial charge in [0.15, 0.2) is 5.57 Å². The number of aromatic hydroxyl groups is 1. The number of aliphatic hydroxyl groups is 1. The molecule has 2 N–H and O–H groups in total. The Balaban J connectivity index is 3.09. The van der Waals surface area contributed by atoms with E-state index in [9.17, 15) is 26.3 Å². The molecule has 8 heteroatoms. The van der Waals surface area contributed by atoms with E-state index in [1.807, 2.05) is 0 Å². The smallest absolute Gasteiger partial charge is 0.426 e. The molecule has 0 radical (unpaired) electrons. The molecule has 0 saturated heterocycles. The number of halogens is 6. The highest BCUT2D eigenvalue weighted by Crippen LogP contribution is 2.47. The molecule has 1 aromatic carbocycles. The molecule has 0 bridgehead atoms. The van der Waals surface area contributed by atoms with Crippen molar-refractivity contribution >= 4 is 5.57 Å². The van der Waals surface area contributed by atoms with Crippen LogP contribution in [0.1, 0.15) is 12.0 Å². The van der Waals surface area contributed by atoms with Crippen LogP contribution >= 0.6 is 0 Å². The lowest BCUT2D eigenvalue weighted by atomic mass is 9.90. The van der Waals surface area contributed by atoms with Gasteiger partial charge in [-0.2, -0.15) is 26.3 Å². The summed E-state index contributed by atoms with van der Waals surface area (Å²) in [5.41, 5.74) is -5.89. The second kappa shape index (κ2) is 4.96. The minimum atomic E-state index is -5.92. The van der Waals surface area contributed by atoms with Crippen LogP contribution in [0.3, 0.4) is 0 Å². The molecule has 0 aliphatic rings. The van der Waals surface area contributed by atoms with E-state index in [1.54, 1.807) is 0 Å². The van der Waals surface area contributed by atoms with Gasteiger partial charge in [-0.25, -0.2) is 0 Å². The van der Waals surface area contributed by atoms with Crippen LogP contribution in [0.15, 0.2) is 24.3 Å². The average molecular weight is 299 g/mol. The van der Waals surface area contributed by atoms with Crippen LogP contribution in [0.25, 0.3) is 5.57 Å². The van der Waals surface area contributed by atoms with Crippen molar-refractivity contribution in [3.05, 3.63) is 36.4 Å². The van der Waals surface area contributed by atoms with Crippen molar-refractivity contribution in [2.45, 2.75) is 24.4 Å². The van der Waals surface area contributed by atoms with E-state index in [2.05, 4.69) is 0 Å². The van der Waals surface area contributed by atoms with Crippen LogP contribution in [0.4, 0.5) is 26.3 Å². The van der Waals surface area contributed by atoms with Gasteiger partial charge in [-0.3, -0.25) is 0 Å². The number of rotatable bonds is 3. The topological polar surface area (TPSA) is 40.5 Å². The van der Waals surface area contributed by atoms with Gasteiger partial charge in [0.25, 0.3) is 5.60 Å². The van der Waals surface area contributed by atoms with Gasteiger partial charge in [0.1, 0.15) is 11.3 Å². The Morgan fingerprint density at radius 3 is 1.70 bits per heavy atom. The largest absolute Gasteiger partial charge is 0.508 e. The van der Waals surface area contributed by atoms with Gasteiger partial charge >= 0.3 is 12.4 Å². The molecule has 0 aliphatic heterocycles. The predicted molar refractivity (Wildman–Crippen MR) is 57.5 cm³/mol. The Labute approximate surface area is 110 Å². The first-order chi connectivity index (χ1) is 8.88. The van der Waals surface area contributed by atoms with E-state index in [1.165, 1.54) is 0 Å². The number of phenolic OH excluding ortho intramolecular Hbond substituents is 1. The standard InChI is InChI=1S/C12H8F6O2/c1-7(8-2-4-9(19)5-3-8)6-10(20,11(13,14)15)12(16,17)18/h1-5,20H,6H2/p+1. The minimum Gasteiger partial charge on any atom is -0.508 e. The zero-order valence-corrected chi connectivity index (χ0v) is 9.76. The van der Waals surface area contributed by atoms with Gasteiger partial charge in [0, 0.05) is 24.3 Å². The fraction of sp³-hybridized carbons (Fsp3) is 0.333.